The Labute approximate surface area is 112 Å². The maximum absolute atomic E-state index is 12.4. The Hall–Kier alpha value is -0.770. The van der Waals surface area contributed by atoms with Crippen molar-refractivity contribution in [1.82, 2.24) is 9.06 Å². The van der Waals surface area contributed by atoms with Crippen LogP contribution in [0.2, 0.25) is 0 Å². The van der Waals surface area contributed by atoms with Crippen LogP contribution in [-0.4, -0.2) is 20.5 Å². The molecular formula is C12H16Cl2N2O. The van der Waals surface area contributed by atoms with Crippen molar-refractivity contribution < 1.29 is 4.79 Å². The van der Waals surface area contributed by atoms with Crippen LogP contribution < -0.4 is 0 Å². The number of nitrogens with zero attached hydrogens (tertiary/aromatic N) is 2. The molecule has 0 N–H and O–H groups in total. The number of carbonyl (C=O) groups excluding carboxylic acids is 1. The lowest BCUT2D eigenvalue weighted by molar-refractivity contribution is 0.0244. The number of halogens is 2. The van der Waals surface area contributed by atoms with Gasteiger partial charge in [-0.05, 0) is 43.4 Å². The highest BCUT2D eigenvalue weighted by Gasteiger charge is 2.32. The third kappa shape index (κ3) is 3.35. The molecule has 1 aromatic rings. The SMILES string of the molecule is Cc1ccccc1C(=O)N(N(Cl)Cl)C(C)(C)C. The molecule has 0 aliphatic carbocycles. The van der Waals surface area contributed by atoms with Gasteiger partial charge in [-0.2, -0.15) is 0 Å². The van der Waals surface area contributed by atoms with E-state index >= 15 is 0 Å². The van der Waals surface area contributed by atoms with Gasteiger partial charge in [0.1, 0.15) is 0 Å². The van der Waals surface area contributed by atoms with E-state index in [9.17, 15) is 4.79 Å². The lowest BCUT2D eigenvalue weighted by Crippen LogP contribution is -2.49. The number of rotatable bonds is 2. The first-order valence-electron chi connectivity index (χ1n) is 5.27. The van der Waals surface area contributed by atoms with Crippen LogP contribution in [0.1, 0.15) is 36.7 Å². The number of aryl methyl sites for hydroxylation is 1. The zero-order valence-corrected chi connectivity index (χ0v) is 11.9. The first kappa shape index (κ1) is 14.3. The van der Waals surface area contributed by atoms with Gasteiger partial charge in [-0.3, -0.25) is 4.79 Å². The predicted molar refractivity (Wildman–Crippen MR) is 70.6 cm³/mol. The summed E-state index contributed by atoms with van der Waals surface area (Å²) < 4.78 is 0.786. The zero-order valence-electron chi connectivity index (χ0n) is 10.4. The van der Waals surface area contributed by atoms with Crippen LogP contribution in [0.4, 0.5) is 0 Å². The zero-order chi connectivity index (χ0) is 13.2. The van der Waals surface area contributed by atoms with E-state index in [0.717, 1.165) is 9.61 Å². The highest BCUT2D eigenvalue weighted by Crippen LogP contribution is 2.24. The summed E-state index contributed by atoms with van der Waals surface area (Å²) in [6, 6.07) is 7.33. The number of hydrogen-bond acceptors (Lipinski definition) is 2. The molecule has 0 unspecified atom stereocenters. The molecule has 1 rings (SSSR count). The molecule has 1 amide bonds. The molecule has 0 radical (unpaired) electrons. The number of hydrogen-bond donors (Lipinski definition) is 0. The lowest BCUT2D eigenvalue weighted by Gasteiger charge is -2.36. The summed E-state index contributed by atoms with van der Waals surface area (Å²) in [4.78, 5) is 12.4. The van der Waals surface area contributed by atoms with Gasteiger partial charge in [0.15, 0.2) is 0 Å². The van der Waals surface area contributed by atoms with Crippen LogP contribution in [0, 0.1) is 6.92 Å². The van der Waals surface area contributed by atoms with E-state index in [-0.39, 0.29) is 5.91 Å². The summed E-state index contributed by atoms with van der Waals surface area (Å²) in [6.45, 7) is 7.46. The maximum Gasteiger partial charge on any atom is 0.270 e. The van der Waals surface area contributed by atoms with E-state index in [2.05, 4.69) is 0 Å². The Balaban J connectivity index is 3.14. The van der Waals surface area contributed by atoms with Gasteiger partial charge in [0.25, 0.3) is 5.91 Å². The number of amides is 1. The van der Waals surface area contributed by atoms with Gasteiger partial charge < -0.3 is 0 Å². The van der Waals surface area contributed by atoms with Crippen molar-refractivity contribution in [3.05, 3.63) is 35.4 Å². The second kappa shape index (κ2) is 5.25. The molecule has 0 atom stereocenters. The molecule has 0 spiro atoms. The van der Waals surface area contributed by atoms with E-state index < -0.39 is 5.54 Å². The summed E-state index contributed by atoms with van der Waals surface area (Å²) in [7, 11) is 0. The van der Waals surface area contributed by atoms with Crippen molar-refractivity contribution in [2.45, 2.75) is 33.2 Å². The van der Waals surface area contributed by atoms with Crippen LogP contribution in [0.3, 0.4) is 0 Å². The number of hydrazine groups is 1. The molecule has 0 aromatic heterocycles. The van der Waals surface area contributed by atoms with Crippen LogP contribution in [0.25, 0.3) is 0 Å². The highest BCUT2D eigenvalue weighted by atomic mass is 35.5. The normalized spacial score (nSPS) is 11.7. The van der Waals surface area contributed by atoms with Crippen LogP contribution >= 0.6 is 23.6 Å². The Morgan fingerprint density at radius 1 is 1.18 bits per heavy atom. The molecule has 0 aliphatic rings. The van der Waals surface area contributed by atoms with Gasteiger partial charge in [-0.15, -0.1) is 0 Å². The lowest BCUT2D eigenvalue weighted by atomic mass is 10.0. The molecule has 1 aromatic carbocycles. The Morgan fingerprint density at radius 3 is 2.12 bits per heavy atom. The van der Waals surface area contributed by atoms with Crippen molar-refractivity contribution in [1.29, 1.82) is 0 Å². The van der Waals surface area contributed by atoms with Gasteiger partial charge in [-0.25, -0.2) is 5.01 Å². The molecule has 0 heterocycles. The first-order valence-corrected chi connectivity index (χ1v) is 5.94. The van der Waals surface area contributed by atoms with Crippen LogP contribution in [-0.2, 0) is 0 Å². The Bertz CT molecular complexity index is 413. The third-order valence-corrected chi connectivity index (χ3v) is 2.66. The molecule has 0 aliphatic heterocycles. The van der Waals surface area contributed by atoms with E-state index in [0.29, 0.717) is 5.56 Å². The molecule has 0 fully saturated rings. The summed E-state index contributed by atoms with van der Waals surface area (Å²) >= 11 is 11.5. The van der Waals surface area contributed by atoms with Gasteiger partial charge in [0, 0.05) is 29.1 Å². The topological polar surface area (TPSA) is 23.6 Å². The van der Waals surface area contributed by atoms with Crippen LogP contribution in [0.5, 0.6) is 0 Å². The van der Waals surface area contributed by atoms with Crippen molar-refractivity contribution in [3.8, 4) is 0 Å². The van der Waals surface area contributed by atoms with Crippen LogP contribution in [0.15, 0.2) is 24.3 Å². The summed E-state index contributed by atoms with van der Waals surface area (Å²) in [5, 5.41) is 1.30. The van der Waals surface area contributed by atoms with Crippen molar-refractivity contribution >= 4 is 29.5 Å². The van der Waals surface area contributed by atoms with Gasteiger partial charge in [0.05, 0.1) is 5.54 Å². The average Bonchev–Trinajstić information content (AvgIpc) is 2.15. The largest absolute Gasteiger partial charge is 0.270 e. The summed E-state index contributed by atoms with van der Waals surface area (Å²) in [5.41, 5.74) is 0.985. The molecule has 0 saturated carbocycles. The fourth-order valence-electron chi connectivity index (χ4n) is 1.53. The Kier molecular flexibility index (Phi) is 4.42. The molecular weight excluding hydrogens is 259 g/mol. The van der Waals surface area contributed by atoms with E-state index in [1.54, 1.807) is 6.07 Å². The monoisotopic (exact) mass is 274 g/mol. The smallest absolute Gasteiger partial charge is 0.268 e. The molecule has 94 valence electrons. The number of carbonyl (C=O) groups is 1. The van der Waals surface area contributed by atoms with Gasteiger partial charge in [0.2, 0.25) is 0 Å². The minimum Gasteiger partial charge on any atom is -0.268 e. The molecule has 17 heavy (non-hydrogen) atoms. The number of benzene rings is 1. The highest BCUT2D eigenvalue weighted by molar-refractivity contribution is 6.34. The Morgan fingerprint density at radius 2 is 1.71 bits per heavy atom. The third-order valence-electron chi connectivity index (χ3n) is 2.35. The molecule has 5 heteroatoms. The summed E-state index contributed by atoms with van der Waals surface area (Å²) in [5.74, 6) is -0.222. The minimum absolute atomic E-state index is 0.222. The first-order chi connectivity index (χ1) is 7.75. The average molecular weight is 275 g/mol. The van der Waals surface area contributed by atoms with Crippen molar-refractivity contribution in [3.63, 3.8) is 0 Å². The summed E-state index contributed by atoms with van der Waals surface area (Å²) in [6.07, 6.45) is 0. The van der Waals surface area contributed by atoms with Crippen molar-refractivity contribution in [2.24, 2.45) is 0 Å². The predicted octanol–water partition coefficient (Wildman–Crippen LogP) is 3.76. The minimum atomic E-state index is -0.497. The van der Waals surface area contributed by atoms with E-state index in [1.807, 2.05) is 45.9 Å². The molecule has 3 nitrogen and oxygen atoms in total. The van der Waals surface area contributed by atoms with Crippen molar-refractivity contribution in [2.75, 3.05) is 0 Å². The fraction of sp³-hybridized carbons (Fsp3) is 0.417. The second-order valence-corrected chi connectivity index (χ2v) is 5.63. The van der Waals surface area contributed by atoms with E-state index in [1.165, 1.54) is 5.01 Å². The quantitative estimate of drug-likeness (QED) is 0.606. The maximum atomic E-state index is 12.4. The second-order valence-electron chi connectivity index (χ2n) is 4.82. The molecule has 0 bridgehead atoms. The van der Waals surface area contributed by atoms with Gasteiger partial charge >= 0.3 is 0 Å². The fourth-order valence-corrected chi connectivity index (χ4v) is 2.12. The van der Waals surface area contributed by atoms with Gasteiger partial charge in [-0.1, -0.05) is 18.2 Å². The molecule has 0 saturated heterocycles. The standard InChI is InChI=1S/C12H16Cl2N2O/c1-9-7-5-6-8-10(9)11(17)15(16(13)14)12(2,3)4/h5-8H,1-4H3. The van der Waals surface area contributed by atoms with E-state index in [4.69, 9.17) is 23.6 Å².